The highest BCUT2D eigenvalue weighted by Gasteiger charge is 2.52. The van der Waals surface area contributed by atoms with E-state index in [0.29, 0.717) is 19.3 Å². The van der Waals surface area contributed by atoms with Crippen molar-refractivity contribution in [3.63, 3.8) is 0 Å². The fraction of sp³-hybridized carbons (Fsp3) is 0.385. The number of hydrogen-bond acceptors (Lipinski definition) is 4. The minimum absolute atomic E-state index is 0.123. The number of hydrogen-bond donors (Lipinski definition) is 2. The summed E-state index contributed by atoms with van der Waals surface area (Å²) in [6.07, 6.45) is 2.81. The van der Waals surface area contributed by atoms with E-state index in [2.05, 4.69) is 11.8 Å². The average molecular weight is 488 g/mol. The molecule has 1 aliphatic heterocycles. The van der Waals surface area contributed by atoms with Crippen molar-refractivity contribution in [2.24, 2.45) is 5.92 Å². The van der Waals surface area contributed by atoms with Crippen LogP contribution in [0.1, 0.15) is 46.3 Å². The molecule has 0 aliphatic carbocycles. The second-order valence-corrected chi connectivity index (χ2v) is 9.54. The number of amides is 1. The van der Waals surface area contributed by atoms with Gasteiger partial charge in [-0.3, -0.25) is 4.79 Å². The summed E-state index contributed by atoms with van der Waals surface area (Å²) in [5, 5.41) is 19.4. The first kappa shape index (κ1) is 25.6. The molecule has 2 heterocycles. The molecule has 0 spiro atoms. The number of halogens is 2. The van der Waals surface area contributed by atoms with Crippen LogP contribution in [0.15, 0.2) is 54.6 Å². The molecule has 1 aromatic heterocycles. The first-order valence-electron chi connectivity index (χ1n) is 11.1. The first-order valence-corrected chi connectivity index (χ1v) is 11.9. The third-order valence-electron chi connectivity index (χ3n) is 5.68. The Morgan fingerprint density at radius 2 is 2.03 bits per heavy atom. The Balaban J connectivity index is 1.56. The highest BCUT2D eigenvalue weighted by Crippen LogP contribution is 2.34. The van der Waals surface area contributed by atoms with Crippen LogP contribution in [0.3, 0.4) is 0 Å². The molecule has 34 heavy (non-hydrogen) atoms. The van der Waals surface area contributed by atoms with Gasteiger partial charge in [-0.1, -0.05) is 49.1 Å². The molecular formula is C26H27F2NO4S. The van der Waals surface area contributed by atoms with Crippen LogP contribution in [-0.4, -0.2) is 51.6 Å². The Morgan fingerprint density at radius 1 is 1.29 bits per heavy atom. The van der Waals surface area contributed by atoms with Gasteiger partial charge in [0, 0.05) is 29.8 Å². The van der Waals surface area contributed by atoms with Gasteiger partial charge in [0.2, 0.25) is 0 Å². The minimum Gasteiger partial charge on any atom is -0.477 e. The average Bonchev–Trinajstić information content (AvgIpc) is 3.36. The molecule has 0 saturated carbocycles. The van der Waals surface area contributed by atoms with Crippen LogP contribution in [0.4, 0.5) is 8.78 Å². The predicted octanol–water partition coefficient (Wildman–Crippen LogP) is 4.61. The van der Waals surface area contributed by atoms with Crippen molar-refractivity contribution in [2.75, 3.05) is 6.54 Å². The van der Waals surface area contributed by atoms with Gasteiger partial charge in [0.15, 0.2) is 0 Å². The van der Waals surface area contributed by atoms with Gasteiger partial charge >= 0.3 is 11.9 Å². The predicted molar refractivity (Wildman–Crippen MR) is 127 cm³/mol. The van der Waals surface area contributed by atoms with Crippen LogP contribution in [0, 0.1) is 17.8 Å². The third-order valence-corrected chi connectivity index (χ3v) is 6.81. The van der Waals surface area contributed by atoms with Crippen molar-refractivity contribution in [2.45, 2.75) is 50.7 Å². The van der Waals surface area contributed by atoms with Gasteiger partial charge in [0.1, 0.15) is 4.88 Å². The summed E-state index contributed by atoms with van der Waals surface area (Å²) in [6.45, 7) is 1.95. The molecule has 8 heteroatoms. The molecule has 2 N–H and O–H groups in total. The maximum Gasteiger partial charge on any atom is 0.345 e. The zero-order valence-corrected chi connectivity index (χ0v) is 19.6. The number of likely N-dealkylation sites (tertiary alicyclic amines) is 1. The van der Waals surface area contributed by atoms with Gasteiger partial charge in [0.05, 0.1) is 12.1 Å². The van der Waals surface area contributed by atoms with Crippen LogP contribution >= 0.6 is 11.3 Å². The Bertz CT molecular complexity index is 1090. The molecule has 5 nitrogen and oxygen atoms in total. The standard InChI is InChI=1S/C26H27F2NO4S/c1-18(7-5-10-19-8-3-2-4-9-19)22(30)14-12-20-17-26(27,28)25(33)29(20)16-6-11-21-13-15-23(34-21)24(31)32/h2-4,8-9,12-15,18,20,22,30H,6-7,11,16-17H2,1H3,(H,31,32)/b14-12+/t18-,20-,22+/m0/s1. The first-order chi connectivity index (χ1) is 16.2. The van der Waals surface area contributed by atoms with E-state index in [1.807, 2.05) is 37.3 Å². The quantitative estimate of drug-likeness (QED) is 0.400. The van der Waals surface area contributed by atoms with Crippen molar-refractivity contribution in [1.82, 2.24) is 4.90 Å². The second kappa shape index (κ2) is 11.4. The van der Waals surface area contributed by atoms with Crippen LogP contribution in [0.5, 0.6) is 0 Å². The fourth-order valence-corrected chi connectivity index (χ4v) is 4.59. The van der Waals surface area contributed by atoms with Crippen molar-refractivity contribution in [3.05, 3.63) is 69.9 Å². The Hall–Kier alpha value is -3.02. The highest BCUT2D eigenvalue weighted by molar-refractivity contribution is 7.13. The number of nitrogens with zero attached hydrogens (tertiary/aromatic N) is 1. The van der Waals surface area contributed by atoms with Crippen molar-refractivity contribution in [1.29, 1.82) is 0 Å². The molecule has 2 aromatic rings. The van der Waals surface area contributed by atoms with Gasteiger partial charge in [0.25, 0.3) is 5.91 Å². The maximum absolute atomic E-state index is 14.1. The summed E-state index contributed by atoms with van der Waals surface area (Å²) in [4.78, 5) is 25.4. The summed E-state index contributed by atoms with van der Waals surface area (Å²) in [7, 11) is 0. The number of carbonyl (C=O) groups excluding carboxylic acids is 1. The topological polar surface area (TPSA) is 77.8 Å². The smallest absolute Gasteiger partial charge is 0.345 e. The Kier molecular flexibility index (Phi) is 8.59. The molecule has 3 rings (SSSR count). The van der Waals surface area contributed by atoms with Gasteiger partial charge in [-0.25, -0.2) is 4.79 Å². The number of carboxylic acid groups (broad SMARTS) is 1. The number of thiophene rings is 1. The number of aryl methyl sites for hydroxylation is 1. The number of aromatic carboxylic acids is 1. The van der Waals surface area contributed by atoms with E-state index >= 15 is 0 Å². The fourth-order valence-electron chi connectivity index (χ4n) is 3.70. The number of aliphatic hydroxyl groups is 1. The van der Waals surface area contributed by atoms with Gasteiger partial charge in [-0.05, 0) is 43.0 Å². The zero-order chi connectivity index (χ0) is 24.7. The molecule has 1 aromatic carbocycles. The maximum atomic E-state index is 14.1. The lowest BCUT2D eigenvalue weighted by atomic mass is 9.99. The summed E-state index contributed by atoms with van der Waals surface area (Å²) in [5.74, 6) is 0.191. The van der Waals surface area contributed by atoms with E-state index in [0.717, 1.165) is 26.7 Å². The largest absolute Gasteiger partial charge is 0.477 e. The van der Waals surface area contributed by atoms with E-state index < -0.39 is 36.4 Å². The molecule has 0 bridgehead atoms. The molecule has 0 radical (unpaired) electrons. The van der Waals surface area contributed by atoms with Crippen LogP contribution < -0.4 is 0 Å². The molecule has 1 aliphatic rings. The number of aliphatic hydroxyl groups excluding tert-OH is 1. The number of carboxylic acids is 1. The van der Waals surface area contributed by atoms with Crippen molar-refractivity contribution < 1.29 is 28.6 Å². The number of benzene rings is 1. The third kappa shape index (κ3) is 6.75. The van der Waals surface area contributed by atoms with Gasteiger partial charge in [-0.2, -0.15) is 8.78 Å². The Morgan fingerprint density at radius 3 is 2.71 bits per heavy atom. The Labute approximate surface area is 201 Å². The zero-order valence-electron chi connectivity index (χ0n) is 18.8. The lowest BCUT2D eigenvalue weighted by Gasteiger charge is -2.22. The van der Waals surface area contributed by atoms with E-state index in [4.69, 9.17) is 5.11 Å². The second-order valence-electron chi connectivity index (χ2n) is 8.37. The van der Waals surface area contributed by atoms with E-state index in [1.165, 1.54) is 18.2 Å². The molecule has 3 atom stereocenters. The normalized spacial score (nSPS) is 19.1. The summed E-state index contributed by atoms with van der Waals surface area (Å²) < 4.78 is 28.2. The molecule has 1 fully saturated rings. The number of carbonyl (C=O) groups is 2. The van der Waals surface area contributed by atoms with Crippen LogP contribution in [0.2, 0.25) is 0 Å². The SMILES string of the molecule is C[C@@H](CC#Cc1ccccc1)[C@H](O)/C=C/[C@H]1CC(F)(F)C(=O)N1CCCc1ccc(C(=O)O)s1. The summed E-state index contributed by atoms with van der Waals surface area (Å²) >= 11 is 1.14. The molecular weight excluding hydrogens is 460 g/mol. The monoisotopic (exact) mass is 487 g/mol. The number of alkyl halides is 2. The number of rotatable bonds is 9. The minimum atomic E-state index is -3.44. The van der Waals surface area contributed by atoms with Crippen molar-refractivity contribution in [3.8, 4) is 11.8 Å². The molecule has 180 valence electrons. The van der Waals surface area contributed by atoms with Gasteiger partial charge < -0.3 is 15.1 Å². The summed E-state index contributed by atoms with van der Waals surface area (Å²) in [5.41, 5.74) is 0.879. The van der Waals surface area contributed by atoms with E-state index in [-0.39, 0.29) is 17.3 Å². The van der Waals surface area contributed by atoms with E-state index in [9.17, 15) is 23.5 Å². The van der Waals surface area contributed by atoms with E-state index in [1.54, 1.807) is 6.07 Å². The van der Waals surface area contributed by atoms with Crippen LogP contribution in [-0.2, 0) is 11.2 Å². The van der Waals surface area contributed by atoms with Crippen molar-refractivity contribution >= 4 is 23.2 Å². The highest BCUT2D eigenvalue weighted by atomic mass is 32.1. The lowest BCUT2D eigenvalue weighted by Crippen LogP contribution is -2.36. The lowest BCUT2D eigenvalue weighted by molar-refractivity contribution is -0.148. The molecule has 1 saturated heterocycles. The molecule has 1 amide bonds. The summed E-state index contributed by atoms with van der Waals surface area (Å²) in [6, 6.07) is 11.9. The van der Waals surface area contributed by atoms with Crippen LogP contribution in [0.25, 0.3) is 0 Å². The molecule has 0 unspecified atom stereocenters. The van der Waals surface area contributed by atoms with Gasteiger partial charge in [-0.15, -0.1) is 11.3 Å².